The molecule has 0 aliphatic heterocycles. The lowest BCUT2D eigenvalue weighted by molar-refractivity contribution is 0.590. The van der Waals surface area contributed by atoms with E-state index >= 15 is 0 Å². The number of hydrogen-bond donors (Lipinski definition) is 2. The van der Waals surface area contributed by atoms with Crippen molar-refractivity contribution < 1.29 is 0 Å². The molecular weight excluding hydrogens is 208 g/mol. The normalized spacial score (nSPS) is 17.9. The van der Waals surface area contributed by atoms with Crippen molar-refractivity contribution in [3.05, 3.63) is 29.3 Å². The van der Waals surface area contributed by atoms with Crippen LogP contribution < -0.4 is 11.1 Å². The molecule has 3 N–H and O–H groups in total. The van der Waals surface area contributed by atoms with Gasteiger partial charge in [0.05, 0.1) is 0 Å². The van der Waals surface area contributed by atoms with Gasteiger partial charge in [0.15, 0.2) is 0 Å². The topological polar surface area (TPSA) is 38.0 Å². The van der Waals surface area contributed by atoms with Crippen LogP contribution in [0.3, 0.4) is 0 Å². The smallest absolute Gasteiger partial charge is 0.0370 e. The van der Waals surface area contributed by atoms with Crippen LogP contribution in [0.4, 0.5) is 5.69 Å². The molecule has 0 bridgehead atoms. The molecule has 2 nitrogen and oxygen atoms in total. The maximum atomic E-state index is 6.08. The van der Waals surface area contributed by atoms with Crippen molar-refractivity contribution in [2.45, 2.75) is 51.5 Å². The molecule has 1 aromatic rings. The zero-order chi connectivity index (χ0) is 12.7. The van der Waals surface area contributed by atoms with E-state index in [1.807, 2.05) is 0 Å². The SMILES string of the molecule is Cc1cc(C(C)(C)C)ccc1NCC1(N)CC1. The molecule has 17 heavy (non-hydrogen) atoms. The van der Waals surface area contributed by atoms with Gasteiger partial charge in [-0.25, -0.2) is 0 Å². The van der Waals surface area contributed by atoms with Crippen molar-refractivity contribution in [1.82, 2.24) is 0 Å². The van der Waals surface area contributed by atoms with E-state index in [0.29, 0.717) is 0 Å². The van der Waals surface area contributed by atoms with E-state index in [2.05, 4.69) is 51.2 Å². The van der Waals surface area contributed by atoms with Gasteiger partial charge in [0, 0.05) is 17.8 Å². The van der Waals surface area contributed by atoms with Crippen LogP contribution in [0.5, 0.6) is 0 Å². The lowest BCUT2D eigenvalue weighted by Gasteiger charge is -2.21. The minimum Gasteiger partial charge on any atom is -0.383 e. The maximum absolute atomic E-state index is 6.08. The molecule has 0 aromatic heterocycles. The highest BCUT2D eigenvalue weighted by molar-refractivity contribution is 5.53. The molecule has 1 saturated carbocycles. The molecule has 0 saturated heterocycles. The standard InChI is InChI=1S/C15H24N2/c1-11-9-12(14(2,3)4)5-6-13(11)17-10-15(16)7-8-15/h5-6,9,17H,7-8,10,16H2,1-4H3. The van der Waals surface area contributed by atoms with Gasteiger partial charge in [0.1, 0.15) is 0 Å². The highest BCUT2D eigenvalue weighted by Crippen LogP contribution is 2.33. The number of nitrogens with one attached hydrogen (secondary N) is 1. The average molecular weight is 232 g/mol. The molecular formula is C15H24N2. The van der Waals surface area contributed by atoms with E-state index in [4.69, 9.17) is 5.73 Å². The molecule has 2 rings (SSSR count). The second-order valence-corrected chi connectivity index (χ2v) is 6.50. The van der Waals surface area contributed by atoms with E-state index in [-0.39, 0.29) is 11.0 Å². The lowest BCUT2D eigenvalue weighted by Crippen LogP contribution is -2.31. The zero-order valence-electron chi connectivity index (χ0n) is 11.4. The predicted octanol–water partition coefficient (Wildman–Crippen LogP) is 3.20. The molecule has 0 amide bonds. The second-order valence-electron chi connectivity index (χ2n) is 6.50. The molecule has 0 unspecified atom stereocenters. The molecule has 1 aromatic carbocycles. The van der Waals surface area contributed by atoms with Crippen molar-refractivity contribution in [3.8, 4) is 0 Å². The fourth-order valence-electron chi connectivity index (χ4n) is 1.94. The summed E-state index contributed by atoms with van der Waals surface area (Å²) in [7, 11) is 0. The first kappa shape index (κ1) is 12.4. The Morgan fingerprint density at radius 2 is 1.94 bits per heavy atom. The third-order valence-corrected chi connectivity index (χ3v) is 3.62. The summed E-state index contributed by atoms with van der Waals surface area (Å²) in [4.78, 5) is 0. The summed E-state index contributed by atoms with van der Waals surface area (Å²) in [6.07, 6.45) is 2.30. The quantitative estimate of drug-likeness (QED) is 0.840. The van der Waals surface area contributed by atoms with E-state index in [9.17, 15) is 0 Å². The Hall–Kier alpha value is -1.02. The third kappa shape index (κ3) is 3.01. The van der Waals surface area contributed by atoms with Crippen molar-refractivity contribution in [2.75, 3.05) is 11.9 Å². The summed E-state index contributed by atoms with van der Waals surface area (Å²) in [5.74, 6) is 0. The first-order chi connectivity index (χ1) is 7.80. The Morgan fingerprint density at radius 3 is 2.41 bits per heavy atom. The second kappa shape index (κ2) is 4.02. The van der Waals surface area contributed by atoms with E-state index in [1.54, 1.807) is 0 Å². The van der Waals surface area contributed by atoms with Crippen LogP contribution >= 0.6 is 0 Å². The van der Waals surface area contributed by atoms with Crippen molar-refractivity contribution >= 4 is 5.69 Å². The van der Waals surface area contributed by atoms with Gasteiger partial charge in [-0.05, 0) is 42.4 Å². The van der Waals surface area contributed by atoms with Crippen LogP contribution in [0.25, 0.3) is 0 Å². The summed E-state index contributed by atoms with van der Waals surface area (Å²) in [5, 5.41) is 3.47. The van der Waals surface area contributed by atoms with Crippen LogP contribution in [0.15, 0.2) is 18.2 Å². The van der Waals surface area contributed by atoms with Crippen LogP contribution in [0.2, 0.25) is 0 Å². The Balaban J connectivity index is 2.09. The first-order valence-corrected chi connectivity index (χ1v) is 6.44. The van der Waals surface area contributed by atoms with Gasteiger partial charge in [0.25, 0.3) is 0 Å². The van der Waals surface area contributed by atoms with Gasteiger partial charge >= 0.3 is 0 Å². The van der Waals surface area contributed by atoms with Gasteiger partial charge in [-0.3, -0.25) is 0 Å². The van der Waals surface area contributed by atoms with Crippen LogP contribution in [0.1, 0.15) is 44.7 Å². The summed E-state index contributed by atoms with van der Waals surface area (Å²) in [6.45, 7) is 9.78. The fraction of sp³-hybridized carbons (Fsp3) is 0.600. The Morgan fingerprint density at radius 1 is 1.29 bits per heavy atom. The van der Waals surface area contributed by atoms with Crippen molar-refractivity contribution in [2.24, 2.45) is 5.73 Å². The maximum Gasteiger partial charge on any atom is 0.0370 e. The molecule has 1 aliphatic rings. The summed E-state index contributed by atoms with van der Waals surface area (Å²) < 4.78 is 0. The molecule has 0 heterocycles. The Bertz CT molecular complexity index is 411. The molecule has 1 fully saturated rings. The minimum atomic E-state index is 0.0646. The highest BCUT2D eigenvalue weighted by atomic mass is 15.0. The number of rotatable bonds is 3. The summed E-state index contributed by atoms with van der Waals surface area (Å²) in [6, 6.07) is 6.67. The number of anilines is 1. The van der Waals surface area contributed by atoms with Crippen LogP contribution in [-0.2, 0) is 5.41 Å². The minimum absolute atomic E-state index is 0.0646. The fourth-order valence-corrected chi connectivity index (χ4v) is 1.94. The average Bonchev–Trinajstić information content (AvgIpc) is 2.94. The molecule has 2 heteroatoms. The number of nitrogens with two attached hydrogens (primary N) is 1. The number of aryl methyl sites for hydroxylation is 1. The molecule has 1 aliphatic carbocycles. The van der Waals surface area contributed by atoms with Gasteiger partial charge in [-0.1, -0.05) is 32.9 Å². The zero-order valence-corrected chi connectivity index (χ0v) is 11.4. The van der Waals surface area contributed by atoms with Crippen LogP contribution in [-0.4, -0.2) is 12.1 Å². The van der Waals surface area contributed by atoms with Gasteiger partial charge in [0.2, 0.25) is 0 Å². The van der Waals surface area contributed by atoms with Gasteiger partial charge < -0.3 is 11.1 Å². The third-order valence-electron chi connectivity index (χ3n) is 3.62. The highest BCUT2D eigenvalue weighted by Gasteiger charge is 2.37. The number of hydrogen-bond acceptors (Lipinski definition) is 2. The summed E-state index contributed by atoms with van der Waals surface area (Å²) >= 11 is 0. The van der Waals surface area contributed by atoms with Crippen LogP contribution in [0, 0.1) is 6.92 Å². The molecule has 94 valence electrons. The first-order valence-electron chi connectivity index (χ1n) is 6.44. The largest absolute Gasteiger partial charge is 0.383 e. The van der Waals surface area contributed by atoms with Gasteiger partial charge in [-0.2, -0.15) is 0 Å². The number of benzene rings is 1. The monoisotopic (exact) mass is 232 g/mol. The van der Waals surface area contributed by atoms with Crippen molar-refractivity contribution in [1.29, 1.82) is 0 Å². The lowest BCUT2D eigenvalue weighted by atomic mass is 9.86. The van der Waals surface area contributed by atoms with Gasteiger partial charge in [-0.15, -0.1) is 0 Å². The Labute approximate surface area is 105 Å². The molecule has 0 spiro atoms. The van der Waals surface area contributed by atoms with E-state index < -0.39 is 0 Å². The van der Waals surface area contributed by atoms with Crippen molar-refractivity contribution in [3.63, 3.8) is 0 Å². The summed E-state index contributed by atoms with van der Waals surface area (Å²) in [5.41, 5.74) is 10.3. The Kier molecular flexibility index (Phi) is 2.94. The predicted molar refractivity (Wildman–Crippen MR) is 74.5 cm³/mol. The molecule has 0 atom stereocenters. The van der Waals surface area contributed by atoms with E-state index in [1.165, 1.54) is 16.8 Å². The molecule has 0 radical (unpaired) electrons. The van der Waals surface area contributed by atoms with E-state index in [0.717, 1.165) is 19.4 Å².